The van der Waals surface area contributed by atoms with E-state index in [1.807, 2.05) is 55.5 Å². The van der Waals surface area contributed by atoms with Gasteiger partial charge in [0.15, 0.2) is 8.68 Å². The van der Waals surface area contributed by atoms with Crippen LogP contribution in [0.1, 0.15) is 18.1 Å². The van der Waals surface area contributed by atoms with Crippen LogP contribution >= 0.6 is 62.4 Å². The van der Waals surface area contributed by atoms with Crippen LogP contribution in [0.4, 0.5) is 0 Å². The van der Waals surface area contributed by atoms with E-state index in [9.17, 15) is 4.79 Å². The van der Waals surface area contributed by atoms with Crippen molar-refractivity contribution in [2.24, 2.45) is 5.10 Å². The minimum absolute atomic E-state index is 0.190. The third kappa shape index (κ3) is 7.11. The molecule has 0 aliphatic carbocycles. The second-order valence-electron chi connectivity index (χ2n) is 5.75. The fourth-order valence-electron chi connectivity index (χ4n) is 2.15. The average molecular weight is 528 g/mol. The molecule has 0 aliphatic rings. The first-order valence-electron chi connectivity index (χ1n) is 8.43. The quantitative estimate of drug-likeness (QED) is 0.225. The molecule has 1 aromatic heterocycles. The number of amides is 1. The number of halogens is 2. The number of carbonyl (C=O) groups excluding carboxylic acids is 1. The van der Waals surface area contributed by atoms with Crippen LogP contribution in [0.5, 0.6) is 0 Å². The highest BCUT2D eigenvalue weighted by Crippen LogP contribution is 2.32. The van der Waals surface area contributed by atoms with Crippen LogP contribution < -0.4 is 5.43 Å². The van der Waals surface area contributed by atoms with Gasteiger partial charge in [0.25, 0.3) is 5.91 Å². The molecule has 0 spiro atoms. The second kappa shape index (κ2) is 11.1. The minimum Gasteiger partial charge on any atom is -0.272 e. The number of carbonyl (C=O) groups is 1. The molecule has 3 rings (SSSR count). The molecular weight excluding hydrogens is 512 g/mol. The third-order valence-corrected chi connectivity index (χ3v) is 7.72. The van der Waals surface area contributed by atoms with E-state index < -0.39 is 0 Å². The number of hydrogen-bond acceptors (Lipinski definition) is 7. The summed E-state index contributed by atoms with van der Waals surface area (Å²) in [5.41, 5.74) is 5.31. The summed E-state index contributed by atoms with van der Waals surface area (Å²) >= 11 is 14.0. The Hall–Kier alpha value is -1.39. The number of thioether (sulfide) groups is 2. The third-order valence-electron chi connectivity index (χ3n) is 3.61. The molecule has 0 bridgehead atoms. The fourth-order valence-corrected chi connectivity index (χ4v) is 5.65. The number of nitrogens with zero attached hydrogens (tertiary/aromatic N) is 3. The van der Waals surface area contributed by atoms with Crippen molar-refractivity contribution >= 4 is 74.0 Å². The van der Waals surface area contributed by atoms with Gasteiger partial charge in [0.2, 0.25) is 0 Å². The fraction of sp³-hybridized carbons (Fsp3) is 0.158. The summed E-state index contributed by atoms with van der Waals surface area (Å²) in [7, 11) is 0. The lowest BCUT2D eigenvalue weighted by Gasteiger charge is -2.03. The highest BCUT2D eigenvalue weighted by Gasteiger charge is 2.10. The Morgan fingerprint density at radius 2 is 1.93 bits per heavy atom. The van der Waals surface area contributed by atoms with Gasteiger partial charge in [-0.2, -0.15) is 5.10 Å². The summed E-state index contributed by atoms with van der Waals surface area (Å²) in [4.78, 5) is 12.1. The van der Waals surface area contributed by atoms with E-state index in [1.54, 1.807) is 11.8 Å². The summed E-state index contributed by atoms with van der Waals surface area (Å²) < 4.78 is 2.55. The lowest BCUT2D eigenvalue weighted by molar-refractivity contribution is -0.118. The molecule has 0 saturated carbocycles. The molecule has 1 amide bonds. The summed E-state index contributed by atoms with van der Waals surface area (Å²) in [6, 6.07) is 15.5. The van der Waals surface area contributed by atoms with Crippen LogP contribution in [0.25, 0.3) is 0 Å². The topological polar surface area (TPSA) is 67.2 Å². The van der Waals surface area contributed by atoms with Gasteiger partial charge in [-0.1, -0.05) is 92.7 Å². The van der Waals surface area contributed by atoms with E-state index in [0.29, 0.717) is 0 Å². The predicted molar refractivity (Wildman–Crippen MR) is 126 cm³/mol. The Balaban J connectivity index is 1.46. The number of aromatic nitrogens is 2. The molecule has 1 N–H and O–H groups in total. The zero-order valence-electron chi connectivity index (χ0n) is 15.3. The molecule has 3 aromatic rings. The Labute approximate surface area is 194 Å². The van der Waals surface area contributed by atoms with E-state index in [2.05, 4.69) is 36.7 Å². The van der Waals surface area contributed by atoms with Crippen LogP contribution in [-0.4, -0.2) is 27.6 Å². The van der Waals surface area contributed by atoms with Crippen molar-refractivity contribution in [1.82, 2.24) is 15.6 Å². The van der Waals surface area contributed by atoms with Gasteiger partial charge in [0.05, 0.1) is 11.5 Å². The molecule has 0 radical (unpaired) electrons. The number of nitrogens with one attached hydrogen (secondary N) is 1. The van der Waals surface area contributed by atoms with Gasteiger partial charge in [-0.05, 0) is 36.2 Å². The van der Waals surface area contributed by atoms with Crippen molar-refractivity contribution in [3.8, 4) is 0 Å². The van der Waals surface area contributed by atoms with Crippen LogP contribution in [0, 0.1) is 0 Å². The monoisotopic (exact) mass is 526 g/mol. The standard InChI is InChI=1S/C19H16BrClN4OS3/c1-12(13-6-4-7-15(20)9-13)22-23-17(26)11-28-19-25-24-18(29-19)27-10-14-5-2-3-8-16(14)21/h2-9H,10-11H2,1H3,(H,23,26). The molecule has 2 aromatic carbocycles. The van der Waals surface area contributed by atoms with E-state index in [0.717, 1.165) is 40.8 Å². The maximum atomic E-state index is 12.1. The van der Waals surface area contributed by atoms with Gasteiger partial charge in [-0.3, -0.25) is 4.79 Å². The number of benzene rings is 2. The van der Waals surface area contributed by atoms with Crippen molar-refractivity contribution in [2.75, 3.05) is 5.75 Å². The number of hydrogen-bond donors (Lipinski definition) is 1. The van der Waals surface area contributed by atoms with Crippen LogP contribution in [0.15, 0.2) is 66.8 Å². The number of hydrazone groups is 1. The molecule has 1 heterocycles. The lowest BCUT2D eigenvalue weighted by Crippen LogP contribution is -2.21. The van der Waals surface area contributed by atoms with Gasteiger partial charge < -0.3 is 0 Å². The Bertz CT molecular complexity index is 1030. The van der Waals surface area contributed by atoms with Gasteiger partial charge in [0, 0.05) is 15.2 Å². The molecule has 0 unspecified atom stereocenters. The summed E-state index contributed by atoms with van der Waals surface area (Å²) in [6.45, 7) is 1.85. The van der Waals surface area contributed by atoms with Crippen molar-refractivity contribution in [2.45, 2.75) is 21.4 Å². The van der Waals surface area contributed by atoms with Gasteiger partial charge in [-0.25, -0.2) is 5.43 Å². The smallest absolute Gasteiger partial charge is 0.250 e. The Morgan fingerprint density at radius 3 is 2.69 bits per heavy atom. The molecule has 29 heavy (non-hydrogen) atoms. The number of rotatable bonds is 8. The van der Waals surface area contributed by atoms with Crippen LogP contribution in [-0.2, 0) is 10.5 Å². The maximum Gasteiger partial charge on any atom is 0.250 e. The van der Waals surface area contributed by atoms with Crippen molar-refractivity contribution < 1.29 is 4.79 Å². The van der Waals surface area contributed by atoms with Gasteiger partial charge in [0.1, 0.15) is 0 Å². The Kier molecular flexibility index (Phi) is 8.55. The zero-order chi connectivity index (χ0) is 20.6. The molecular formula is C19H16BrClN4OS3. The maximum absolute atomic E-state index is 12.1. The molecule has 10 heteroatoms. The summed E-state index contributed by atoms with van der Waals surface area (Å²) in [5, 5.41) is 13.2. The molecule has 0 atom stereocenters. The first-order valence-corrected chi connectivity index (χ1v) is 12.4. The van der Waals surface area contributed by atoms with Crippen molar-refractivity contribution in [1.29, 1.82) is 0 Å². The molecule has 0 aliphatic heterocycles. The van der Waals surface area contributed by atoms with E-state index in [-0.39, 0.29) is 11.7 Å². The van der Waals surface area contributed by atoms with Crippen molar-refractivity contribution in [3.63, 3.8) is 0 Å². The van der Waals surface area contributed by atoms with E-state index in [4.69, 9.17) is 11.6 Å². The first kappa shape index (κ1) is 22.3. The van der Waals surface area contributed by atoms with Crippen LogP contribution in [0.3, 0.4) is 0 Å². The van der Waals surface area contributed by atoms with E-state index in [1.165, 1.54) is 23.1 Å². The first-order chi connectivity index (χ1) is 14.0. The molecule has 5 nitrogen and oxygen atoms in total. The van der Waals surface area contributed by atoms with Crippen LogP contribution in [0.2, 0.25) is 5.02 Å². The zero-order valence-corrected chi connectivity index (χ0v) is 20.1. The SMILES string of the molecule is CC(=NNC(=O)CSc1nnc(SCc2ccccc2Cl)s1)c1cccc(Br)c1. The summed E-state index contributed by atoms with van der Waals surface area (Å²) in [5.74, 6) is 0.757. The average Bonchev–Trinajstić information content (AvgIpc) is 3.18. The van der Waals surface area contributed by atoms with Gasteiger partial charge in [-0.15, -0.1) is 10.2 Å². The van der Waals surface area contributed by atoms with Crippen molar-refractivity contribution in [3.05, 3.63) is 69.2 Å². The normalized spacial score (nSPS) is 11.5. The highest BCUT2D eigenvalue weighted by molar-refractivity contribution is 9.10. The lowest BCUT2D eigenvalue weighted by atomic mass is 10.1. The largest absolute Gasteiger partial charge is 0.272 e. The van der Waals surface area contributed by atoms with E-state index >= 15 is 0 Å². The Morgan fingerprint density at radius 1 is 1.17 bits per heavy atom. The molecule has 0 saturated heterocycles. The predicted octanol–water partition coefficient (Wildman–Crippen LogP) is 5.88. The molecule has 150 valence electrons. The summed E-state index contributed by atoms with van der Waals surface area (Å²) in [6.07, 6.45) is 0. The van der Waals surface area contributed by atoms with Gasteiger partial charge >= 0.3 is 0 Å². The minimum atomic E-state index is -0.190. The second-order valence-corrected chi connectivity index (χ2v) is 10.5. The molecule has 0 fully saturated rings. The highest BCUT2D eigenvalue weighted by atomic mass is 79.9.